The third-order valence-electron chi connectivity index (χ3n) is 5.51. The molecule has 0 fully saturated rings. The van der Waals surface area contributed by atoms with Gasteiger partial charge in [0.15, 0.2) is 0 Å². The highest BCUT2D eigenvalue weighted by molar-refractivity contribution is 5.79. The van der Waals surface area contributed by atoms with Crippen molar-refractivity contribution in [2.24, 2.45) is 0 Å². The fourth-order valence-electron chi connectivity index (χ4n) is 4.07. The van der Waals surface area contributed by atoms with Crippen LogP contribution in [0, 0.1) is 0 Å². The van der Waals surface area contributed by atoms with E-state index in [1.165, 1.54) is 7.11 Å². The fourth-order valence-corrected chi connectivity index (χ4v) is 4.07. The summed E-state index contributed by atoms with van der Waals surface area (Å²) in [5, 5.41) is 12.0. The average Bonchev–Trinajstić information content (AvgIpc) is 3.11. The minimum absolute atomic E-state index is 0.0621. The topological polar surface area (TPSA) is 84.9 Å². The number of carboxylic acids is 1. The lowest BCUT2D eigenvalue weighted by Crippen LogP contribution is -2.31. The summed E-state index contributed by atoms with van der Waals surface area (Å²) in [4.78, 5) is 23.9. The Morgan fingerprint density at radius 1 is 0.968 bits per heavy atom. The molecule has 0 heterocycles. The molecule has 1 amide bonds. The van der Waals surface area contributed by atoms with E-state index in [4.69, 9.17) is 9.47 Å². The number of rotatable bonds is 7. The lowest BCUT2D eigenvalue weighted by atomic mass is 9.98. The second-order valence-corrected chi connectivity index (χ2v) is 7.40. The quantitative estimate of drug-likeness (QED) is 0.580. The predicted molar refractivity (Wildman–Crippen MR) is 116 cm³/mol. The first kappa shape index (κ1) is 20.5. The Kier molecular flexibility index (Phi) is 5.89. The van der Waals surface area contributed by atoms with E-state index in [1.54, 1.807) is 24.3 Å². The van der Waals surface area contributed by atoms with Crippen LogP contribution in [0.2, 0.25) is 0 Å². The van der Waals surface area contributed by atoms with E-state index in [1.807, 2.05) is 36.4 Å². The molecule has 3 aromatic rings. The van der Waals surface area contributed by atoms with Gasteiger partial charge < -0.3 is 19.9 Å². The Balaban J connectivity index is 1.48. The van der Waals surface area contributed by atoms with Crippen molar-refractivity contribution < 1.29 is 24.2 Å². The normalized spacial score (nSPS) is 13.1. The molecule has 1 aliphatic rings. The van der Waals surface area contributed by atoms with Crippen molar-refractivity contribution in [2.75, 3.05) is 13.7 Å². The van der Waals surface area contributed by atoms with Gasteiger partial charge in [0.1, 0.15) is 12.4 Å². The molecule has 4 rings (SSSR count). The van der Waals surface area contributed by atoms with Gasteiger partial charge in [0.05, 0.1) is 19.6 Å². The van der Waals surface area contributed by atoms with Crippen LogP contribution in [-0.2, 0) is 9.53 Å². The maximum Gasteiger partial charge on any atom is 0.407 e. The monoisotopic (exact) mass is 417 g/mol. The van der Waals surface area contributed by atoms with Crippen molar-refractivity contribution in [1.29, 1.82) is 0 Å². The number of ether oxygens (including phenoxy) is 2. The number of methoxy groups -OCH3 is 1. The van der Waals surface area contributed by atoms with Gasteiger partial charge >= 0.3 is 12.1 Å². The van der Waals surface area contributed by atoms with Crippen LogP contribution < -0.4 is 10.1 Å². The summed E-state index contributed by atoms with van der Waals surface area (Å²) in [5.74, 6) is -0.498. The number of alkyl carbamates (subject to hydrolysis) is 1. The van der Waals surface area contributed by atoms with Gasteiger partial charge in [-0.15, -0.1) is 0 Å². The molecule has 6 heteroatoms. The summed E-state index contributed by atoms with van der Waals surface area (Å²) in [5.41, 5.74) is 5.16. The summed E-state index contributed by atoms with van der Waals surface area (Å²) in [6, 6.07) is 22.4. The molecule has 158 valence electrons. The van der Waals surface area contributed by atoms with E-state index >= 15 is 0 Å². The number of amides is 1. The largest absolute Gasteiger partial charge is 0.497 e. The molecular weight excluding hydrogens is 394 g/mol. The highest BCUT2D eigenvalue weighted by Crippen LogP contribution is 2.44. The number of benzene rings is 3. The summed E-state index contributed by atoms with van der Waals surface area (Å²) < 4.78 is 10.8. The van der Waals surface area contributed by atoms with Gasteiger partial charge in [0.2, 0.25) is 0 Å². The van der Waals surface area contributed by atoms with Crippen LogP contribution >= 0.6 is 0 Å². The maximum absolute atomic E-state index is 12.6. The minimum atomic E-state index is -1.02. The van der Waals surface area contributed by atoms with E-state index in [9.17, 15) is 14.7 Å². The van der Waals surface area contributed by atoms with Crippen LogP contribution in [0.15, 0.2) is 72.8 Å². The number of carboxylic acid groups (broad SMARTS) is 1. The molecular formula is C25H23NO5. The van der Waals surface area contributed by atoms with Crippen molar-refractivity contribution in [1.82, 2.24) is 5.32 Å². The first-order valence-corrected chi connectivity index (χ1v) is 10.0. The van der Waals surface area contributed by atoms with E-state index in [2.05, 4.69) is 17.4 Å². The Labute approximate surface area is 180 Å². The molecule has 0 aliphatic heterocycles. The standard InChI is InChI=1S/C25H23NO5/c1-30-17-8-6-7-16(13-17)23(14-24(27)28)26-25(29)31-15-22-20-11-4-2-9-18(20)19-10-3-5-12-21(19)22/h2-13,22-23H,14-15H2,1H3,(H,26,29)(H,27,28). The smallest absolute Gasteiger partial charge is 0.407 e. The molecule has 0 saturated carbocycles. The molecule has 3 aromatic carbocycles. The summed E-state index contributed by atoms with van der Waals surface area (Å²) in [6.45, 7) is 0.164. The van der Waals surface area contributed by atoms with Crippen molar-refractivity contribution in [3.8, 4) is 16.9 Å². The lowest BCUT2D eigenvalue weighted by Gasteiger charge is -2.19. The maximum atomic E-state index is 12.6. The molecule has 0 bridgehead atoms. The zero-order valence-corrected chi connectivity index (χ0v) is 17.1. The highest BCUT2D eigenvalue weighted by Gasteiger charge is 2.29. The van der Waals surface area contributed by atoms with Crippen molar-refractivity contribution >= 4 is 12.1 Å². The van der Waals surface area contributed by atoms with Gasteiger partial charge in [-0.3, -0.25) is 4.79 Å². The van der Waals surface area contributed by atoms with E-state index in [0.29, 0.717) is 11.3 Å². The number of hydrogen-bond donors (Lipinski definition) is 2. The van der Waals surface area contributed by atoms with Crippen LogP contribution in [0.1, 0.15) is 35.1 Å². The fraction of sp³-hybridized carbons (Fsp3) is 0.200. The highest BCUT2D eigenvalue weighted by atomic mass is 16.5. The second kappa shape index (κ2) is 8.92. The molecule has 0 radical (unpaired) electrons. The molecule has 1 aliphatic carbocycles. The third-order valence-corrected chi connectivity index (χ3v) is 5.51. The number of carbonyl (C=O) groups excluding carboxylic acids is 1. The zero-order chi connectivity index (χ0) is 21.8. The van der Waals surface area contributed by atoms with Gasteiger partial charge in [-0.25, -0.2) is 4.79 Å². The van der Waals surface area contributed by atoms with Crippen LogP contribution in [0.3, 0.4) is 0 Å². The number of carbonyl (C=O) groups is 2. The van der Waals surface area contributed by atoms with Gasteiger partial charge in [-0.1, -0.05) is 60.7 Å². The van der Waals surface area contributed by atoms with E-state index in [0.717, 1.165) is 22.3 Å². The Morgan fingerprint density at radius 3 is 2.23 bits per heavy atom. The average molecular weight is 417 g/mol. The van der Waals surface area contributed by atoms with Gasteiger partial charge in [-0.05, 0) is 39.9 Å². The number of hydrogen-bond acceptors (Lipinski definition) is 4. The number of nitrogens with one attached hydrogen (secondary N) is 1. The minimum Gasteiger partial charge on any atom is -0.497 e. The van der Waals surface area contributed by atoms with E-state index in [-0.39, 0.29) is 18.9 Å². The van der Waals surface area contributed by atoms with Gasteiger partial charge in [-0.2, -0.15) is 0 Å². The number of aliphatic carboxylic acids is 1. The summed E-state index contributed by atoms with van der Waals surface area (Å²) in [6.07, 6.45) is -0.923. The molecule has 0 saturated heterocycles. The second-order valence-electron chi connectivity index (χ2n) is 7.40. The Morgan fingerprint density at radius 2 is 1.61 bits per heavy atom. The lowest BCUT2D eigenvalue weighted by molar-refractivity contribution is -0.137. The zero-order valence-electron chi connectivity index (χ0n) is 17.1. The SMILES string of the molecule is COc1cccc(C(CC(=O)O)NC(=O)OCC2c3ccccc3-c3ccccc32)c1. The molecule has 2 N–H and O–H groups in total. The number of fused-ring (bicyclic) bond motifs is 3. The molecule has 1 atom stereocenters. The van der Waals surface area contributed by atoms with Crippen LogP contribution in [-0.4, -0.2) is 30.9 Å². The van der Waals surface area contributed by atoms with Crippen molar-refractivity contribution in [3.63, 3.8) is 0 Å². The van der Waals surface area contributed by atoms with Gasteiger partial charge in [0, 0.05) is 5.92 Å². The summed E-state index contributed by atoms with van der Waals surface area (Å²) >= 11 is 0. The Bertz CT molecular complexity index is 1060. The van der Waals surface area contributed by atoms with Gasteiger partial charge in [0.25, 0.3) is 0 Å². The molecule has 31 heavy (non-hydrogen) atoms. The van der Waals surface area contributed by atoms with Crippen LogP contribution in [0.25, 0.3) is 11.1 Å². The molecule has 1 unspecified atom stereocenters. The van der Waals surface area contributed by atoms with Crippen molar-refractivity contribution in [2.45, 2.75) is 18.4 Å². The van der Waals surface area contributed by atoms with Crippen LogP contribution in [0.5, 0.6) is 5.75 Å². The van der Waals surface area contributed by atoms with Crippen LogP contribution in [0.4, 0.5) is 4.79 Å². The predicted octanol–water partition coefficient (Wildman–Crippen LogP) is 4.75. The first-order chi connectivity index (χ1) is 15.1. The molecule has 0 spiro atoms. The molecule has 0 aromatic heterocycles. The van der Waals surface area contributed by atoms with Crippen molar-refractivity contribution in [3.05, 3.63) is 89.5 Å². The van der Waals surface area contributed by atoms with E-state index < -0.39 is 18.1 Å². The third kappa shape index (κ3) is 4.38. The molecule has 6 nitrogen and oxygen atoms in total. The summed E-state index contributed by atoms with van der Waals surface area (Å²) in [7, 11) is 1.53. The first-order valence-electron chi connectivity index (χ1n) is 10.0. The Hall–Kier alpha value is -3.80.